The van der Waals surface area contributed by atoms with Crippen molar-refractivity contribution in [3.05, 3.63) is 33.8 Å². The van der Waals surface area contributed by atoms with E-state index in [1.165, 1.54) is 34.9 Å². The smallest absolute Gasteiger partial charge is 0.0357 e. The standard InChI is InChI=1S/C16H26BrN/c1-5-8-13(4)16(18-11-6-2)14-10-7-9-12(3)15(14)17/h7,9-10,13,16,18H,5-6,8,11H2,1-4H3. The molecular formula is C16H26BrN. The summed E-state index contributed by atoms with van der Waals surface area (Å²) in [5.41, 5.74) is 2.73. The minimum atomic E-state index is 0.458. The number of benzene rings is 1. The third-order valence-corrected chi connectivity index (χ3v) is 4.57. The van der Waals surface area contributed by atoms with Gasteiger partial charge >= 0.3 is 0 Å². The summed E-state index contributed by atoms with van der Waals surface area (Å²) in [5.74, 6) is 0.666. The molecule has 1 nitrogen and oxygen atoms in total. The Kier molecular flexibility index (Phi) is 6.95. The molecule has 18 heavy (non-hydrogen) atoms. The largest absolute Gasteiger partial charge is 0.310 e. The zero-order valence-corrected chi connectivity index (χ0v) is 13.7. The van der Waals surface area contributed by atoms with Crippen LogP contribution in [0.5, 0.6) is 0 Å². The molecule has 1 N–H and O–H groups in total. The Bertz CT molecular complexity index is 362. The van der Waals surface area contributed by atoms with Gasteiger partial charge in [0, 0.05) is 10.5 Å². The van der Waals surface area contributed by atoms with Gasteiger partial charge in [0.2, 0.25) is 0 Å². The zero-order valence-electron chi connectivity index (χ0n) is 12.1. The predicted molar refractivity (Wildman–Crippen MR) is 84.0 cm³/mol. The monoisotopic (exact) mass is 311 g/mol. The number of halogens is 1. The zero-order chi connectivity index (χ0) is 13.5. The summed E-state index contributed by atoms with van der Waals surface area (Å²) in [6, 6.07) is 7.03. The number of rotatable bonds is 7. The van der Waals surface area contributed by atoms with Crippen molar-refractivity contribution in [1.82, 2.24) is 5.32 Å². The van der Waals surface area contributed by atoms with Crippen molar-refractivity contribution in [3.8, 4) is 0 Å². The highest BCUT2D eigenvalue weighted by molar-refractivity contribution is 9.10. The Labute approximate surface area is 120 Å². The molecule has 0 saturated heterocycles. The summed E-state index contributed by atoms with van der Waals surface area (Å²) >= 11 is 3.75. The number of hydrogen-bond donors (Lipinski definition) is 1. The lowest BCUT2D eigenvalue weighted by molar-refractivity contribution is 0.362. The van der Waals surface area contributed by atoms with E-state index in [0.717, 1.165) is 6.54 Å². The second-order valence-corrected chi connectivity index (χ2v) is 5.97. The quantitative estimate of drug-likeness (QED) is 0.726. The highest BCUT2D eigenvalue weighted by Gasteiger charge is 2.20. The van der Waals surface area contributed by atoms with Gasteiger partial charge in [-0.3, -0.25) is 0 Å². The van der Waals surface area contributed by atoms with E-state index in [4.69, 9.17) is 0 Å². The van der Waals surface area contributed by atoms with E-state index in [-0.39, 0.29) is 0 Å². The first-order valence-electron chi connectivity index (χ1n) is 7.10. The molecule has 0 radical (unpaired) electrons. The van der Waals surface area contributed by atoms with Crippen LogP contribution in [0.1, 0.15) is 57.2 Å². The Hall–Kier alpha value is -0.340. The van der Waals surface area contributed by atoms with Crippen LogP contribution < -0.4 is 5.32 Å². The first-order valence-corrected chi connectivity index (χ1v) is 7.89. The third-order valence-electron chi connectivity index (χ3n) is 3.48. The first kappa shape index (κ1) is 15.7. The Morgan fingerprint density at radius 3 is 2.56 bits per heavy atom. The molecule has 0 aromatic heterocycles. The highest BCUT2D eigenvalue weighted by atomic mass is 79.9. The summed E-state index contributed by atoms with van der Waals surface area (Å²) < 4.78 is 1.27. The van der Waals surface area contributed by atoms with Crippen LogP contribution >= 0.6 is 15.9 Å². The maximum atomic E-state index is 3.75. The maximum Gasteiger partial charge on any atom is 0.0357 e. The molecule has 0 aliphatic rings. The van der Waals surface area contributed by atoms with Crippen molar-refractivity contribution in [3.63, 3.8) is 0 Å². The number of hydrogen-bond acceptors (Lipinski definition) is 1. The summed E-state index contributed by atoms with van der Waals surface area (Å²) in [6.07, 6.45) is 3.69. The van der Waals surface area contributed by atoms with E-state index < -0.39 is 0 Å². The lowest BCUT2D eigenvalue weighted by Crippen LogP contribution is -2.28. The van der Waals surface area contributed by atoms with Gasteiger partial charge in [-0.15, -0.1) is 0 Å². The fourth-order valence-corrected chi connectivity index (χ4v) is 2.96. The summed E-state index contributed by atoms with van der Waals surface area (Å²) in [7, 11) is 0. The highest BCUT2D eigenvalue weighted by Crippen LogP contribution is 2.32. The van der Waals surface area contributed by atoms with Gasteiger partial charge in [-0.1, -0.05) is 61.3 Å². The molecule has 2 heteroatoms. The molecule has 0 saturated carbocycles. The molecule has 0 amide bonds. The molecule has 2 atom stereocenters. The van der Waals surface area contributed by atoms with Gasteiger partial charge in [0.05, 0.1) is 0 Å². The van der Waals surface area contributed by atoms with Crippen LogP contribution in [0.3, 0.4) is 0 Å². The number of nitrogens with one attached hydrogen (secondary N) is 1. The molecule has 1 aromatic carbocycles. The van der Waals surface area contributed by atoms with Gasteiger partial charge in [0.25, 0.3) is 0 Å². The SMILES string of the molecule is CCCNC(c1cccc(C)c1Br)C(C)CCC. The molecule has 0 fully saturated rings. The van der Waals surface area contributed by atoms with Gasteiger partial charge in [0.1, 0.15) is 0 Å². The minimum Gasteiger partial charge on any atom is -0.310 e. The average Bonchev–Trinajstić information content (AvgIpc) is 2.35. The van der Waals surface area contributed by atoms with Gasteiger partial charge in [0.15, 0.2) is 0 Å². The molecule has 0 aliphatic carbocycles. The van der Waals surface area contributed by atoms with E-state index in [0.29, 0.717) is 12.0 Å². The molecule has 0 bridgehead atoms. The molecule has 102 valence electrons. The Balaban J connectivity index is 2.97. The average molecular weight is 312 g/mol. The van der Waals surface area contributed by atoms with Crippen LogP contribution in [0.25, 0.3) is 0 Å². The summed E-state index contributed by atoms with van der Waals surface area (Å²) in [5, 5.41) is 3.71. The Morgan fingerprint density at radius 1 is 1.22 bits per heavy atom. The van der Waals surface area contributed by atoms with E-state index >= 15 is 0 Å². The van der Waals surface area contributed by atoms with Gasteiger partial charge in [-0.2, -0.15) is 0 Å². The first-order chi connectivity index (χ1) is 8.61. The Morgan fingerprint density at radius 2 is 1.94 bits per heavy atom. The fraction of sp³-hybridized carbons (Fsp3) is 0.625. The van der Waals surface area contributed by atoms with Gasteiger partial charge in [-0.25, -0.2) is 0 Å². The third kappa shape index (κ3) is 4.10. The molecule has 1 rings (SSSR count). The normalized spacial score (nSPS) is 14.5. The van der Waals surface area contributed by atoms with E-state index in [1.54, 1.807) is 0 Å². The van der Waals surface area contributed by atoms with Crippen molar-refractivity contribution in [1.29, 1.82) is 0 Å². The van der Waals surface area contributed by atoms with Gasteiger partial charge in [-0.05, 0) is 43.4 Å². The van der Waals surface area contributed by atoms with Crippen LogP contribution in [0.15, 0.2) is 22.7 Å². The predicted octanol–water partition coefficient (Wildman–Crippen LogP) is 5.23. The van der Waals surface area contributed by atoms with Crippen molar-refractivity contribution in [2.45, 2.75) is 53.0 Å². The van der Waals surface area contributed by atoms with E-state index in [2.05, 4.69) is 67.1 Å². The van der Waals surface area contributed by atoms with Crippen molar-refractivity contribution in [2.24, 2.45) is 5.92 Å². The van der Waals surface area contributed by atoms with Gasteiger partial charge < -0.3 is 5.32 Å². The van der Waals surface area contributed by atoms with Crippen molar-refractivity contribution >= 4 is 15.9 Å². The lowest BCUT2D eigenvalue weighted by Gasteiger charge is -2.27. The maximum absolute atomic E-state index is 3.75. The molecule has 0 spiro atoms. The van der Waals surface area contributed by atoms with Crippen molar-refractivity contribution in [2.75, 3.05) is 6.54 Å². The topological polar surface area (TPSA) is 12.0 Å². The number of aryl methyl sites for hydroxylation is 1. The van der Waals surface area contributed by atoms with E-state index in [1.807, 2.05) is 0 Å². The second-order valence-electron chi connectivity index (χ2n) is 5.18. The van der Waals surface area contributed by atoms with E-state index in [9.17, 15) is 0 Å². The molecule has 0 aliphatic heterocycles. The molecule has 0 heterocycles. The van der Waals surface area contributed by atoms with Crippen LogP contribution in [0.4, 0.5) is 0 Å². The van der Waals surface area contributed by atoms with Crippen LogP contribution in [0.2, 0.25) is 0 Å². The summed E-state index contributed by atoms with van der Waals surface area (Å²) in [4.78, 5) is 0. The second kappa shape index (κ2) is 7.96. The molecular weight excluding hydrogens is 286 g/mol. The minimum absolute atomic E-state index is 0.458. The molecule has 1 aromatic rings. The van der Waals surface area contributed by atoms with Crippen molar-refractivity contribution < 1.29 is 0 Å². The van der Waals surface area contributed by atoms with Crippen LogP contribution in [-0.4, -0.2) is 6.54 Å². The van der Waals surface area contributed by atoms with Crippen LogP contribution in [0, 0.1) is 12.8 Å². The fourth-order valence-electron chi connectivity index (χ4n) is 2.45. The lowest BCUT2D eigenvalue weighted by atomic mass is 9.90. The summed E-state index contributed by atoms with van der Waals surface area (Å²) in [6.45, 7) is 10.1. The van der Waals surface area contributed by atoms with Crippen LogP contribution in [-0.2, 0) is 0 Å². The molecule has 2 unspecified atom stereocenters.